The molecule has 0 bridgehead atoms. The number of hydrogen-bond donors (Lipinski definition) is 1. The molecule has 0 aliphatic carbocycles. The maximum atomic E-state index is 13.3. The SMILES string of the molecule is CNCC(Cc1cccc(F)c1)Cc1cc(C)nn1C. The molecule has 1 aromatic carbocycles. The van der Waals surface area contributed by atoms with Gasteiger partial charge in [0.05, 0.1) is 5.69 Å². The zero-order chi connectivity index (χ0) is 14.5. The standard InChI is InChI=1S/C16H22FN3/c1-12-7-16(20(3)19-12)10-14(11-18-2)8-13-5-4-6-15(17)9-13/h4-7,9,14,18H,8,10-11H2,1-3H3. The molecule has 2 aromatic rings. The minimum Gasteiger partial charge on any atom is -0.319 e. The van der Waals surface area contributed by atoms with Crippen LogP contribution in [0.2, 0.25) is 0 Å². The summed E-state index contributed by atoms with van der Waals surface area (Å²) in [6.07, 6.45) is 1.80. The summed E-state index contributed by atoms with van der Waals surface area (Å²) in [5, 5.41) is 7.61. The molecule has 108 valence electrons. The average Bonchev–Trinajstić information content (AvgIpc) is 2.68. The topological polar surface area (TPSA) is 29.9 Å². The molecule has 0 fully saturated rings. The fourth-order valence-electron chi connectivity index (χ4n) is 2.65. The van der Waals surface area contributed by atoms with Crippen molar-refractivity contribution in [3.63, 3.8) is 0 Å². The van der Waals surface area contributed by atoms with Gasteiger partial charge in [-0.15, -0.1) is 0 Å². The van der Waals surface area contributed by atoms with E-state index >= 15 is 0 Å². The molecule has 1 unspecified atom stereocenters. The highest BCUT2D eigenvalue weighted by Gasteiger charge is 2.13. The number of aryl methyl sites for hydroxylation is 2. The fraction of sp³-hybridized carbons (Fsp3) is 0.438. The third kappa shape index (κ3) is 3.90. The van der Waals surface area contributed by atoms with Crippen molar-refractivity contribution in [1.29, 1.82) is 0 Å². The predicted molar refractivity (Wildman–Crippen MR) is 79.2 cm³/mol. The third-order valence-electron chi connectivity index (χ3n) is 3.50. The molecular weight excluding hydrogens is 253 g/mol. The largest absolute Gasteiger partial charge is 0.319 e. The Morgan fingerprint density at radius 1 is 1.30 bits per heavy atom. The highest BCUT2D eigenvalue weighted by Crippen LogP contribution is 2.15. The minimum atomic E-state index is -0.165. The number of nitrogens with one attached hydrogen (secondary N) is 1. The van der Waals surface area contributed by atoms with Crippen LogP contribution in [0.1, 0.15) is 17.0 Å². The monoisotopic (exact) mass is 275 g/mol. The summed E-state index contributed by atoms with van der Waals surface area (Å²) in [5.41, 5.74) is 3.31. The Bertz CT molecular complexity index is 563. The van der Waals surface area contributed by atoms with Crippen LogP contribution in [0.25, 0.3) is 0 Å². The number of benzene rings is 1. The first kappa shape index (κ1) is 14.7. The van der Waals surface area contributed by atoms with Crippen LogP contribution in [-0.2, 0) is 19.9 Å². The molecule has 1 heterocycles. The fourth-order valence-corrected chi connectivity index (χ4v) is 2.65. The number of halogens is 1. The highest BCUT2D eigenvalue weighted by atomic mass is 19.1. The first-order valence-corrected chi connectivity index (χ1v) is 6.97. The molecule has 0 radical (unpaired) electrons. The van der Waals surface area contributed by atoms with Gasteiger partial charge in [0, 0.05) is 12.7 Å². The van der Waals surface area contributed by atoms with E-state index in [0.29, 0.717) is 5.92 Å². The van der Waals surface area contributed by atoms with Crippen molar-refractivity contribution in [2.24, 2.45) is 13.0 Å². The lowest BCUT2D eigenvalue weighted by molar-refractivity contribution is 0.476. The van der Waals surface area contributed by atoms with Crippen LogP contribution in [-0.4, -0.2) is 23.4 Å². The summed E-state index contributed by atoms with van der Waals surface area (Å²) in [4.78, 5) is 0. The van der Waals surface area contributed by atoms with E-state index in [0.717, 1.165) is 30.6 Å². The molecule has 3 nitrogen and oxygen atoms in total. The zero-order valence-electron chi connectivity index (χ0n) is 12.4. The second-order valence-electron chi connectivity index (χ2n) is 5.36. The van der Waals surface area contributed by atoms with E-state index in [1.54, 1.807) is 12.1 Å². The molecule has 0 amide bonds. The Labute approximate surface area is 119 Å². The summed E-state index contributed by atoms with van der Waals surface area (Å²) in [6, 6.07) is 8.99. The summed E-state index contributed by atoms with van der Waals surface area (Å²) in [5.74, 6) is 0.263. The van der Waals surface area contributed by atoms with Gasteiger partial charge in [0.1, 0.15) is 5.82 Å². The van der Waals surface area contributed by atoms with Gasteiger partial charge in [0.25, 0.3) is 0 Å². The van der Waals surface area contributed by atoms with Crippen LogP contribution in [0.5, 0.6) is 0 Å². The van der Waals surface area contributed by atoms with E-state index in [4.69, 9.17) is 0 Å². The van der Waals surface area contributed by atoms with Crippen LogP contribution in [0.3, 0.4) is 0 Å². The predicted octanol–water partition coefficient (Wildman–Crippen LogP) is 2.49. The van der Waals surface area contributed by atoms with Crippen molar-refractivity contribution >= 4 is 0 Å². The van der Waals surface area contributed by atoms with Gasteiger partial charge in [-0.2, -0.15) is 5.10 Å². The smallest absolute Gasteiger partial charge is 0.123 e. The Balaban J connectivity index is 2.09. The molecular formula is C16H22FN3. The molecule has 4 heteroatoms. The lowest BCUT2D eigenvalue weighted by atomic mass is 9.94. The first-order chi connectivity index (χ1) is 9.58. The number of nitrogens with zero attached hydrogens (tertiary/aromatic N) is 2. The van der Waals surface area contributed by atoms with Gasteiger partial charge in [0.15, 0.2) is 0 Å². The van der Waals surface area contributed by atoms with E-state index in [2.05, 4.69) is 16.5 Å². The van der Waals surface area contributed by atoms with Crippen LogP contribution >= 0.6 is 0 Å². The molecule has 1 atom stereocenters. The quantitative estimate of drug-likeness (QED) is 0.878. The molecule has 0 saturated heterocycles. The van der Waals surface area contributed by atoms with Gasteiger partial charge in [-0.3, -0.25) is 4.68 Å². The van der Waals surface area contributed by atoms with Crippen molar-refractivity contribution in [3.8, 4) is 0 Å². The molecule has 0 aliphatic rings. The van der Waals surface area contributed by atoms with Gasteiger partial charge in [-0.25, -0.2) is 4.39 Å². The van der Waals surface area contributed by atoms with Crippen molar-refractivity contribution in [3.05, 3.63) is 53.1 Å². The third-order valence-corrected chi connectivity index (χ3v) is 3.50. The van der Waals surface area contributed by atoms with Crippen molar-refractivity contribution in [1.82, 2.24) is 15.1 Å². The maximum Gasteiger partial charge on any atom is 0.123 e. The molecule has 0 aliphatic heterocycles. The molecule has 2 rings (SSSR count). The van der Waals surface area contributed by atoms with Gasteiger partial charge in [-0.1, -0.05) is 12.1 Å². The summed E-state index contributed by atoms with van der Waals surface area (Å²) in [7, 11) is 3.92. The summed E-state index contributed by atoms with van der Waals surface area (Å²) < 4.78 is 15.2. The summed E-state index contributed by atoms with van der Waals surface area (Å²) >= 11 is 0. The second-order valence-corrected chi connectivity index (χ2v) is 5.36. The van der Waals surface area contributed by atoms with Gasteiger partial charge in [-0.05, 0) is 63.0 Å². The van der Waals surface area contributed by atoms with E-state index in [1.807, 2.05) is 31.8 Å². The molecule has 0 spiro atoms. The lowest BCUT2D eigenvalue weighted by Crippen LogP contribution is -2.23. The number of rotatable bonds is 6. The minimum absolute atomic E-state index is 0.165. The van der Waals surface area contributed by atoms with Gasteiger partial charge in [0.2, 0.25) is 0 Å². The van der Waals surface area contributed by atoms with Crippen LogP contribution < -0.4 is 5.32 Å². The number of hydrogen-bond acceptors (Lipinski definition) is 2. The van der Waals surface area contributed by atoms with Gasteiger partial charge >= 0.3 is 0 Å². The molecule has 1 aromatic heterocycles. The van der Waals surface area contributed by atoms with Gasteiger partial charge < -0.3 is 5.32 Å². The maximum absolute atomic E-state index is 13.3. The molecule has 0 saturated carbocycles. The Morgan fingerprint density at radius 2 is 2.10 bits per heavy atom. The Hall–Kier alpha value is -1.68. The lowest BCUT2D eigenvalue weighted by Gasteiger charge is -2.16. The highest BCUT2D eigenvalue weighted by molar-refractivity contribution is 5.18. The first-order valence-electron chi connectivity index (χ1n) is 6.97. The van der Waals surface area contributed by atoms with Crippen LogP contribution in [0.15, 0.2) is 30.3 Å². The van der Waals surface area contributed by atoms with Crippen molar-refractivity contribution in [2.75, 3.05) is 13.6 Å². The van der Waals surface area contributed by atoms with Crippen molar-refractivity contribution < 1.29 is 4.39 Å². The van der Waals surface area contributed by atoms with Crippen LogP contribution in [0, 0.1) is 18.7 Å². The normalized spacial score (nSPS) is 12.6. The molecule has 1 N–H and O–H groups in total. The average molecular weight is 275 g/mol. The zero-order valence-corrected chi connectivity index (χ0v) is 12.4. The van der Waals surface area contributed by atoms with Crippen molar-refractivity contribution in [2.45, 2.75) is 19.8 Å². The summed E-state index contributed by atoms with van der Waals surface area (Å²) in [6.45, 7) is 2.91. The Morgan fingerprint density at radius 3 is 2.70 bits per heavy atom. The Kier molecular flexibility index (Phi) is 4.90. The number of aromatic nitrogens is 2. The molecule has 20 heavy (non-hydrogen) atoms. The van der Waals surface area contributed by atoms with E-state index < -0.39 is 0 Å². The van der Waals surface area contributed by atoms with E-state index in [9.17, 15) is 4.39 Å². The van der Waals surface area contributed by atoms with E-state index in [1.165, 1.54) is 11.8 Å². The van der Waals surface area contributed by atoms with Crippen LogP contribution in [0.4, 0.5) is 4.39 Å². The second kappa shape index (κ2) is 6.66. The van der Waals surface area contributed by atoms with E-state index in [-0.39, 0.29) is 5.82 Å².